The van der Waals surface area contributed by atoms with Gasteiger partial charge in [-0.2, -0.15) is 5.26 Å². The summed E-state index contributed by atoms with van der Waals surface area (Å²) in [6.45, 7) is 0. The number of anilines is 1. The summed E-state index contributed by atoms with van der Waals surface area (Å²) < 4.78 is 1.79. The zero-order chi connectivity index (χ0) is 21.3. The van der Waals surface area contributed by atoms with E-state index in [4.69, 9.17) is 29.1 Å². The number of aromatic nitrogens is 1. The molecule has 3 aromatic rings. The number of amides is 2. The van der Waals surface area contributed by atoms with Crippen LogP contribution < -0.4 is 10.2 Å². The first-order chi connectivity index (χ1) is 14.5. The largest absolute Gasteiger partial charge is 0.317 e. The monoisotopic (exact) mass is 432 g/mol. The zero-order valence-corrected chi connectivity index (χ0v) is 16.9. The Morgan fingerprint density at radius 2 is 1.80 bits per heavy atom. The van der Waals surface area contributed by atoms with Crippen LogP contribution in [0.25, 0.3) is 11.8 Å². The highest BCUT2D eigenvalue weighted by molar-refractivity contribution is 7.80. The number of nitrogens with zero attached hydrogens (tertiary/aromatic N) is 3. The number of halogens is 1. The predicted molar refractivity (Wildman–Crippen MR) is 118 cm³/mol. The van der Waals surface area contributed by atoms with Crippen LogP contribution in [0.1, 0.15) is 11.3 Å². The van der Waals surface area contributed by atoms with Crippen LogP contribution >= 0.6 is 23.8 Å². The number of carbonyl (C=O) groups is 2. The Hall–Kier alpha value is -3.73. The first kappa shape index (κ1) is 19.6. The van der Waals surface area contributed by atoms with Crippen LogP contribution in [0, 0.1) is 11.3 Å². The number of rotatable bonds is 3. The summed E-state index contributed by atoms with van der Waals surface area (Å²) in [4.78, 5) is 26.9. The molecule has 1 aliphatic heterocycles. The van der Waals surface area contributed by atoms with E-state index in [1.165, 1.54) is 11.0 Å². The smallest absolute Gasteiger partial charge is 0.270 e. The molecule has 0 aliphatic carbocycles. The minimum absolute atomic E-state index is 0.00146. The van der Waals surface area contributed by atoms with Crippen LogP contribution in [0.4, 0.5) is 5.69 Å². The van der Waals surface area contributed by atoms with Crippen molar-refractivity contribution in [2.24, 2.45) is 0 Å². The van der Waals surface area contributed by atoms with Crippen molar-refractivity contribution in [3.05, 3.63) is 88.7 Å². The van der Waals surface area contributed by atoms with E-state index in [9.17, 15) is 9.59 Å². The van der Waals surface area contributed by atoms with Gasteiger partial charge in [0.05, 0.1) is 17.3 Å². The van der Waals surface area contributed by atoms with Crippen molar-refractivity contribution < 1.29 is 9.59 Å². The number of hydrogen-bond acceptors (Lipinski definition) is 4. The Morgan fingerprint density at radius 3 is 2.53 bits per heavy atom. The van der Waals surface area contributed by atoms with Crippen LogP contribution in [0.3, 0.4) is 0 Å². The lowest BCUT2D eigenvalue weighted by molar-refractivity contribution is -0.122. The maximum absolute atomic E-state index is 13.1. The number of nitrogens with one attached hydrogen (secondary N) is 1. The quantitative estimate of drug-likeness (QED) is 0.387. The molecule has 1 saturated heterocycles. The number of benzene rings is 2. The van der Waals surface area contributed by atoms with Crippen molar-refractivity contribution >= 4 is 52.5 Å². The Morgan fingerprint density at radius 1 is 1.03 bits per heavy atom. The maximum Gasteiger partial charge on any atom is 0.270 e. The van der Waals surface area contributed by atoms with E-state index in [-0.39, 0.29) is 10.7 Å². The van der Waals surface area contributed by atoms with Crippen LogP contribution in [-0.2, 0) is 9.59 Å². The van der Waals surface area contributed by atoms with Gasteiger partial charge in [-0.3, -0.25) is 19.8 Å². The van der Waals surface area contributed by atoms with Gasteiger partial charge in [-0.25, -0.2) is 0 Å². The molecule has 1 N–H and O–H groups in total. The van der Waals surface area contributed by atoms with Crippen molar-refractivity contribution in [2.45, 2.75) is 0 Å². The Bertz CT molecular complexity index is 1250. The topological polar surface area (TPSA) is 78.1 Å². The van der Waals surface area contributed by atoms with Crippen LogP contribution in [0.2, 0.25) is 5.02 Å². The molecule has 146 valence electrons. The second kappa shape index (κ2) is 7.95. The Labute approximate surface area is 182 Å². The number of thiocarbonyl (C=S) groups is 1. The Balaban J connectivity index is 1.75. The highest BCUT2D eigenvalue weighted by atomic mass is 35.5. The average molecular weight is 433 g/mol. The van der Waals surface area contributed by atoms with Crippen molar-refractivity contribution in [3.8, 4) is 11.8 Å². The van der Waals surface area contributed by atoms with Crippen LogP contribution in [0.15, 0.2) is 72.4 Å². The Kier molecular flexibility index (Phi) is 5.19. The molecule has 30 heavy (non-hydrogen) atoms. The molecule has 2 heterocycles. The highest BCUT2D eigenvalue weighted by Gasteiger charge is 2.34. The van der Waals surface area contributed by atoms with Crippen molar-refractivity contribution in [3.63, 3.8) is 0 Å². The summed E-state index contributed by atoms with van der Waals surface area (Å²) in [5.74, 6) is -1.11. The molecular weight excluding hydrogens is 420 g/mol. The first-order valence-electron chi connectivity index (χ1n) is 8.83. The molecule has 2 amide bonds. The van der Waals surface area contributed by atoms with Gasteiger partial charge in [-0.05, 0) is 72.9 Å². The van der Waals surface area contributed by atoms with E-state index in [1.54, 1.807) is 65.4 Å². The molecule has 0 saturated carbocycles. The van der Waals surface area contributed by atoms with Gasteiger partial charge in [-0.1, -0.05) is 17.7 Å². The minimum atomic E-state index is -0.575. The summed E-state index contributed by atoms with van der Waals surface area (Å²) in [5.41, 5.74) is 2.28. The van der Waals surface area contributed by atoms with Gasteiger partial charge in [0.25, 0.3) is 11.8 Å². The number of hydrogen-bond donors (Lipinski definition) is 1. The van der Waals surface area contributed by atoms with Crippen LogP contribution in [-0.4, -0.2) is 21.5 Å². The lowest BCUT2D eigenvalue weighted by atomic mass is 10.1. The number of nitriles is 1. The highest BCUT2D eigenvalue weighted by Crippen LogP contribution is 2.24. The molecule has 0 radical (unpaired) electrons. The molecule has 2 aromatic carbocycles. The summed E-state index contributed by atoms with van der Waals surface area (Å²) in [6.07, 6.45) is 3.29. The molecular formula is C22H13ClN4O2S. The van der Waals surface area contributed by atoms with Gasteiger partial charge in [0.1, 0.15) is 5.57 Å². The molecule has 0 spiro atoms. The van der Waals surface area contributed by atoms with E-state index < -0.39 is 11.8 Å². The van der Waals surface area contributed by atoms with E-state index in [2.05, 4.69) is 11.4 Å². The third kappa shape index (κ3) is 3.62. The second-order valence-corrected chi connectivity index (χ2v) is 7.22. The first-order valence-corrected chi connectivity index (χ1v) is 9.61. The third-order valence-electron chi connectivity index (χ3n) is 4.51. The third-order valence-corrected chi connectivity index (χ3v) is 5.05. The van der Waals surface area contributed by atoms with Gasteiger partial charge >= 0.3 is 0 Å². The lowest BCUT2D eigenvalue weighted by Gasteiger charge is -2.29. The summed E-state index contributed by atoms with van der Waals surface area (Å²) >= 11 is 11.1. The molecule has 1 aliphatic rings. The van der Waals surface area contributed by atoms with Crippen molar-refractivity contribution in [1.82, 2.24) is 9.88 Å². The van der Waals surface area contributed by atoms with Gasteiger partial charge in [0, 0.05) is 22.6 Å². The summed E-state index contributed by atoms with van der Waals surface area (Å²) in [7, 11) is 0. The molecule has 0 unspecified atom stereocenters. The fraction of sp³-hybridized carbons (Fsp3) is 0. The van der Waals surface area contributed by atoms with E-state index in [0.717, 1.165) is 5.69 Å². The fourth-order valence-electron chi connectivity index (χ4n) is 3.10. The van der Waals surface area contributed by atoms with Gasteiger partial charge < -0.3 is 4.57 Å². The summed E-state index contributed by atoms with van der Waals surface area (Å²) in [6, 6.07) is 19.3. The summed E-state index contributed by atoms with van der Waals surface area (Å²) in [5, 5.41) is 12.2. The maximum atomic E-state index is 13.1. The van der Waals surface area contributed by atoms with Gasteiger partial charge in [0.15, 0.2) is 5.11 Å². The number of carbonyl (C=O) groups excluding carboxylic acids is 2. The van der Waals surface area contributed by atoms with E-state index >= 15 is 0 Å². The molecule has 1 fully saturated rings. The molecule has 1 aromatic heterocycles. The normalized spacial score (nSPS) is 15.3. The second-order valence-electron chi connectivity index (χ2n) is 6.40. The lowest BCUT2D eigenvalue weighted by Crippen LogP contribution is -2.54. The minimum Gasteiger partial charge on any atom is -0.317 e. The van der Waals surface area contributed by atoms with Crippen molar-refractivity contribution in [2.75, 3.05) is 4.90 Å². The van der Waals surface area contributed by atoms with Crippen molar-refractivity contribution in [1.29, 1.82) is 5.26 Å². The van der Waals surface area contributed by atoms with E-state index in [1.807, 2.05) is 6.07 Å². The van der Waals surface area contributed by atoms with Gasteiger partial charge in [-0.15, -0.1) is 0 Å². The standard InChI is InChI=1S/C22H13ClN4O2S/c23-15-6-8-16(9-7-15)27-21(29)19(20(28)25-22(27)30)12-18-5-2-10-26(18)17-4-1-3-14(11-17)13-24/h1-12H,(H,25,28,30)/b19-12+. The average Bonchev–Trinajstić information content (AvgIpc) is 3.21. The molecule has 0 bridgehead atoms. The molecule has 6 nitrogen and oxygen atoms in total. The predicted octanol–water partition coefficient (Wildman–Crippen LogP) is 3.83. The van der Waals surface area contributed by atoms with E-state index in [0.29, 0.717) is 22.0 Å². The molecule has 0 atom stereocenters. The van der Waals surface area contributed by atoms with Crippen LogP contribution in [0.5, 0.6) is 0 Å². The fourth-order valence-corrected chi connectivity index (χ4v) is 3.51. The molecule has 8 heteroatoms. The SMILES string of the molecule is N#Cc1cccc(-n2cccc2/C=C2\C(=O)NC(=S)N(c3ccc(Cl)cc3)C2=O)c1. The molecule has 4 rings (SSSR count). The van der Waals surface area contributed by atoms with Gasteiger partial charge in [0.2, 0.25) is 0 Å². The zero-order valence-electron chi connectivity index (χ0n) is 15.4.